The van der Waals surface area contributed by atoms with Crippen molar-refractivity contribution in [2.45, 2.75) is 139 Å². The minimum Gasteiger partial charge on any atom is -0.292 e. The van der Waals surface area contributed by atoms with Crippen molar-refractivity contribution in [1.29, 1.82) is 0 Å². The fraction of sp³-hybridized carbons (Fsp3) is 0.781. The molecule has 0 aliphatic heterocycles. The van der Waals surface area contributed by atoms with Crippen molar-refractivity contribution in [2.24, 2.45) is 22.7 Å². The van der Waals surface area contributed by atoms with Gasteiger partial charge in [-0.05, 0) is 74.9 Å². The van der Waals surface area contributed by atoms with Gasteiger partial charge in [-0.1, -0.05) is 111 Å². The Morgan fingerprint density at radius 3 is 1.94 bits per heavy atom. The van der Waals surface area contributed by atoms with E-state index < -0.39 is 0 Å². The Morgan fingerprint density at radius 2 is 1.45 bits per heavy atom. The smallest absolute Gasteiger partial charge is 0.0450 e. The van der Waals surface area contributed by atoms with Crippen LogP contribution in [0.15, 0.2) is 39.4 Å². The third-order valence-corrected chi connectivity index (χ3v) is 7.55. The van der Waals surface area contributed by atoms with Crippen LogP contribution in [0.5, 0.6) is 0 Å². The van der Waals surface area contributed by atoms with Crippen LogP contribution < -0.4 is 0 Å². The van der Waals surface area contributed by atoms with E-state index in [9.17, 15) is 0 Å². The molecule has 0 N–H and O–H groups in total. The monoisotopic (exact) mass is 457 g/mol. The molecule has 0 saturated carbocycles. The van der Waals surface area contributed by atoms with E-state index in [2.05, 4.69) is 74.5 Å². The van der Waals surface area contributed by atoms with Gasteiger partial charge in [-0.25, -0.2) is 0 Å². The molecule has 0 rings (SSSR count). The van der Waals surface area contributed by atoms with E-state index in [1.54, 1.807) is 16.7 Å². The summed E-state index contributed by atoms with van der Waals surface area (Å²) in [4.78, 5) is 5.00. The average molecular weight is 458 g/mol. The molecule has 0 bridgehead atoms. The molecule has 0 aromatic rings. The van der Waals surface area contributed by atoms with Crippen LogP contribution in [0.4, 0.5) is 0 Å². The summed E-state index contributed by atoms with van der Waals surface area (Å²) < 4.78 is 0. The molecular weight excluding hydrogens is 398 g/mol. The van der Waals surface area contributed by atoms with Gasteiger partial charge in [-0.3, -0.25) is 4.99 Å². The first-order valence-electron chi connectivity index (χ1n) is 14.4. The number of nitrogens with zero attached hydrogens (tertiary/aromatic N) is 1. The van der Waals surface area contributed by atoms with Gasteiger partial charge >= 0.3 is 0 Å². The Morgan fingerprint density at radius 1 is 0.818 bits per heavy atom. The van der Waals surface area contributed by atoms with E-state index >= 15 is 0 Å². The quantitative estimate of drug-likeness (QED) is 0.0839. The maximum Gasteiger partial charge on any atom is 0.0450 e. The van der Waals surface area contributed by atoms with Gasteiger partial charge in [-0.2, -0.15) is 0 Å². The van der Waals surface area contributed by atoms with Crippen molar-refractivity contribution in [3.63, 3.8) is 0 Å². The second-order valence-electron chi connectivity index (χ2n) is 10.1. The molecule has 0 spiro atoms. The van der Waals surface area contributed by atoms with Crippen LogP contribution in [0.1, 0.15) is 139 Å². The van der Waals surface area contributed by atoms with Gasteiger partial charge in [0.25, 0.3) is 0 Å². The lowest BCUT2D eigenvalue weighted by Gasteiger charge is -2.32. The van der Waals surface area contributed by atoms with Crippen LogP contribution in [-0.4, -0.2) is 12.8 Å². The number of rotatable bonds is 18. The van der Waals surface area contributed by atoms with Gasteiger partial charge in [0.05, 0.1) is 0 Å². The van der Waals surface area contributed by atoms with Crippen molar-refractivity contribution in [2.75, 3.05) is 7.05 Å². The highest BCUT2D eigenvalue weighted by atomic mass is 14.7. The van der Waals surface area contributed by atoms with Crippen LogP contribution >= 0.6 is 0 Å². The van der Waals surface area contributed by atoms with E-state index in [-0.39, 0.29) is 0 Å². The molecule has 2 unspecified atom stereocenters. The fourth-order valence-corrected chi connectivity index (χ4v) is 5.29. The lowest BCUT2D eigenvalue weighted by Crippen LogP contribution is -2.24. The predicted octanol–water partition coefficient (Wildman–Crippen LogP) is 10.9. The highest BCUT2D eigenvalue weighted by Crippen LogP contribution is 2.39. The van der Waals surface area contributed by atoms with E-state index in [4.69, 9.17) is 4.99 Å². The summed E-state index contributed by atoms with van der Waals surface area (Å²) in [6, 6.07) is 0. The molecule has 0 amide bonds. The Bertz CT molecular complexity index is 627. The molecule has 2 atom stereocenters. The molecule has 1 nitrogen and oxygen atoms in total. The van der Waals surface area contributed by atoms with Crippen molar-refractivity contribution in [3.8, 4) is 0 Å². The summed E-state index contributed by atoms with van der Waals surface area (Å²) in [5.41, 5.74) is 7.79. The SMILES string of the molecule is CCCCC=CCC/C(CC)=C(\C(C(=NC)C(CC)CC)=C(C)CCC)C(C)C(C)CCC. The second kappa shape index (κ2) is 19.2. The minimum absolute atomic E-state index is 0.549. The molecule has 0 aliphatic rings. The first kappa shape index (κ1) is 31.9. The molecule has 1 heteroatoms. The standard InChI is InChI=1S/C32H59N/c1-11-17-18-19-20-21-24-29(16-6)31(27(9)25(7)22-12-2)30(26(8)23-13-3)32(33-10)28(14-4)15-5/h19-20,25,27-28H,11-18,21-24H2,1-10H3/b20-19?,30-26?,31-29-,33-32?. The summed E-state index contributed by atoms with van der Waals surface area (Å²) in [7, 11) is 2.03. The predicted molar refractivity (Wildman–Crippen MR) is 153 cm³/mol. The highest BCUT2D eigenvalue weighted by Gasteiger charge is 2.28. The van der Waals surface area contributed by atoms with E-state index in [0.717, 1.165) is 12.8 Å². The fourth-order valence-electron chi connectivity index (χ4n) is 5.29. The Hall–Kier alpha value is -1.11. The largest absolute Gasteiger partial charge is 0.292 e. The van der Waals surface area contributed by atoms with Crippen molar-refractivity contribution in [3.05, 3.63) is 34.4 Å². The van der Waals surface area contributed by atoms with E-state index in [1.807, 2.05) is 7.05 Å². The maximum absolute atomic E-state index is 5.00. The summed E-state index contributed by atoms with van der Waals surface area (Å²) in [6.07, 6.45) is 19.4. The van der Waals surface area contributed by atoms with Gasteiger partial charge in [0.15, 0.2) is 0 Å². The summed E-state index contributed by atoms with van der Waals surface area (Å²) in [6.45, 7) is 21.3. The first-order chi connectivity index (χ1) is 15.9. The van der Waals surface area contributed by atoms with E-state index in [1.165, 1.54) is 75.5 Å². The zero-order valence-corrected chi connectivity index (χ0v) is 24.3. The average Bonchev–Trinajstić information content (AvgIpc) is 2.81. The number of hydrogen-bond acceptors (Lipinski definition) is 1. The van der Waals surface area contributed by atoms with Crippen LogP contribution in [0.25, 0.3) is 0 Å². The van der Waals surface area contributed by atoms with Crippen LogP contribution in [-0.2, 0) is 0 Å². The Kier molecular flexibility index (Phi) is 18.6. The normalized spacial score (nSPS) is 16.3. The third-order valence-electron chi connectivity index (χ3n) is 7.55. The summed E-state index contributed by atoms with van der Waals surface area (Å²) in [5, 5.41) is 0. The number of unbranched alkanes of at least 4 members (excludes halogenated alkanes) is 2. The van der Waals surface area contributed by atoms with Crippen molar-refractivity contribution in [1.82, 2.24) is 0 Å². The van der Waals surface area contributed by atoms with Gasteiger partial charge in [0.1, 0.15) is 0 Å². The molecule has 0 aromatic heterocycles. The van der Waals surface area contributed by atoms with Gasteiger partial charge < -0.3 is 0 Å². The van der Waals surface area contributed by atoms with E-state index in [0.29, 0.717) is 17.8 Å². The number of allylic oxidation sites excluding steroid dienone is 6. The molecule has 0 fully saturated rings. The number of hydrogen-bond donors (Lipinski definition) is 0. The van der Waals surface area contributed by atoms with Crippen molar-refractivity contribution >= 4 is 5.71 Å². The zero-order chi connectivity index (χ0) is 25.2. The molecule has 192 valence electrons. The van der Waals surface area contributed by atoms with Crippen LogP contribution in [0, 0.1) is 17.8 Å². The molecule has 0 aliphatic carbocycles. The summed E-state index contributed by atoms with van der Waals surface area (Å²) in [5.74, 6) is 1.81. The lowest BCUT2D eigenvalue weighted by molar-refractivity contribution is 0.406. The second-order valence-corrected chi connectivity index (χ2v) is 10.1. The molecule has 33 heavy (non-hydrogen) atoms. The zero-order valence-electron chi connectivity index (χ0n) is 24.3. The third kappa shape index (κ3) is 10.8. The lowest BCUT2D eigenvalue weighted by atomic mass is 9.73. The highest BCUT2D eigenvalue weighted by molar-refractivity contribution is 6.06. The molecule has 0 heterocycles. The van der Waals surface area contributed by atoms with Crippen molar-refractivity contribution < 1.29 is 0 Å². The maximum atomic E-state index is 5.00. The topological polar surface area (TPSA) is 12.4 Å². The Balaban J connectivity index is 6.69. The summed E-state index contributed by atoms with van der Waals surface area (Å²) >= 11 is 0. The van der Waals surface area contributed by atoms with Crippen LogP contribution in [0.2, 0.25) is 0 Å². The first-order valence-corrected chi connectivity index (χ1v) is 14.4. The van der Waals surface area contributed by atoms with Gasteiger partial charge in [-0.15, -0.1) is 0 Å². The Labute approximate surface area is 209 Å². The number of aliphatic imine (C=N–C) groups is 1. The molecule has 0 saturated heterocycles. The van der Waals surface area contributed by atoms with Crippen LogP contribution in [0.3, 0.4) is 0 Å². The molecular formula is C32H59N. The molecule has 0 aromatic carbocycles. The van der Waals surface area contributed by atoms with Gasteiger partial charge in [0, 0.05) is 18.7 Å². The minimum atomic E-state index is 0.549. The molecule has 0 radical (unpaired) electrons. The van der Waals surface area contributed by atoms with Gasteiger partial charge in [0.2, 0.25) is 0 Å².